The van der Waals surface area contributed by atoms with Gasteiger partial charge in [0.25, 0.3) is 0 Å². The number of pyridine rings is 1. The number of thioether (sulfide) groups is 1. The number of aromatic amines is 1. The third kappa shape index (κ3) is 4.48. The van der Waals surface area contributed by atoms with Gasteiger partial charge in [-0.15, -0.1) is 11.8 Å². The van der Waals surface area contributed by atoms with Gasteiger partial charge in [-0.3, -0.25) is 9.59 Å². The quantitative estimate of drug-likeness (QED) is 0.730. The summed E-state index contributed by atoms with van der Waals surface area (Å²) in [5, 5.41) is 3.15. The molecule has 0 saturated heterocycles. The number of H-pyrrole nitrogens is 1. The van der Waals surface area contributed by atoms with Crippen molar-refractivity contribution < 1.29 is 9.18 Å². The fraction of sp³-hybridized carbons (Fsp3) is 0.158. The number of fused-ring (bicyclic) bond motifs is 1. The molecule has 1 heterocycles. The van der Waals surface area contributed by atoms with Crippen LogP contribution in [0, 0.1) is 12.7 Å². The highest BCUT2D eigenvalue weighted by Crippen LogP contribution is 2.15. The second-order valence-electron chi connectivity index (χ2n) is 5.76. The Morgan fingerprint density at radius 1 is 1.16 bits per heavy atom. The Hall–Kier alpha value is -2.60. The van der Waals surface area contributed by atoms with Gasteiger partial charge in [0, 0.05) is 34.1 Å². The molecule has 0 aliphatic rings. The Balaban J connectivity index is 1.59. The molecule has 2 N–H and O–H groups in total. The molecule has 0 aliphatic carbocycles. The van der Waals surface area contributed by atoms with Crippen LogP contribution >= 0.6 is 11.8 Å². The van der Waals surface area contributed by atoms with Crippen molar-refractivity contribution >= 4 is 34.3 Å². The maximum absolute atomic E-state index is 13.2. The van der Waals surface area contributed by atoms with Gasteiger partial charge in [-0.2, -0.15) is 0 Å². The molecule has 1 aromatic heterocycles. The molecule has 3 rings (SSSR count). The molecule has 0 bridgehead atoms. The number of aryl methyl sites for hydroxylation is 1. The summed E-state index contributed by atoms with van der Waals surface area (Å²) >= 11 is 1.40. The molecule has 4 nitrogen and oxygen atoms in total. The smallest absolute Gasteiger partial charge is 0.234 e. The number of anilines is 1. The first-order valence-electron chi connectivity index (χ1n) is 7.77. The minimum atomic E-state index is -0.437. The molecular weight excluding hydrogens is 339 g/mol. The molecule has 0 saturated carbocycles. The lowest BCUT2D eigenvalue weighted by atomic mass is 10.2. The van der Waals surface area contributed by atoms with Crippen LogP contribution in [0.15, 0.2) is 53.3 Å². The van der Waals surface area contributed by atoms with E-state index in [1.807, 2.05) is 31.2 Å². The van der Waals surface area contributed by atoms with Crippen LogP contribution in [0.2, 0.25) is 0 Å². The van der Waals surface area contributed by atoms with Crippen molar-refractivity contribution in [2.45, 2.75) is 12.7 Å². The number of benzene rings is 2. The maximum Gasteiger partial charge on any atom is 0.234 e. The van der Waals surface area contributed by atoms with E-state index >= 15 is 0 Å². The summed E-state index contributed by atoms with van der Waals surface area (Å²) in [4.78, 5) is 27.1. The van der Waals surface area contributed by atoms with Gasteiger partial charge < -0.3 is 10.3 Å². The van der Waals surface area contributed by atoms with Crippen molar-refractivity contribution in [3.05, 3.63) is 75.8 Å². The van der Waals surface area contributed by atoms with E-state index in [2.05, 4.69) is 10.3 Å². The van der Waals surface area contributed by atoms with Crippen LogP contribution in [0.5, 0.6) is 0 Å². The fourth-order valence-corrected chi connectivity index (χ4v) is 3.17. The van der Waals surface area contributed by atoms with Gasteiger partial charge in [-0.1, -0.05) is 17.7 Å². The van der Waals surface area contributed by atoms with E-state index in [0.29, 0.717) is 22.3 Å². The Bertz CT molecular complexity index is 967. The number of halogens is 1. The predicted molar refractivity (Wildman–Crippen MR) is 100 cm³/mol. The minimum Gasteiger partial charge on any atom is -0.357 e. The monoisotopic (exact) mass is 356 g/mol. The van der Waals surface area contributed by atoms with Crippen molar-refractivity contribution in [3.8, 4) is 0 Å². The van der Waals surface area contributed by atoms with Crippen LogP contribution < -0.4 is 10.7 Å². The maximum atomic E-state index is 13.2. The number of hydrogen-bond donors (Lipinski definition) is 2. The van der Waals surface area contributed by atoms with Gasteiger partial charge in [0.2, 0.25) is 5.91 Å². The molecule has 25 heavy (non-hydrogen) atoms. The second kappa shape index (κ2) is 7.53. The first kappa shape index (κ1) is 17.2. The molecule has 0 spiro atoms. The average molecular weight is 356 g/mol. The third-order valence-electron chi connectivity index (χ3n) is 3.67. The highest BCUT2D eigenvalue weighted by atomic mass is 32.2. The molecule has 0 aliphatic heterocycles. The van der Waals surface area contributed by atoms with Crippen LogP contribution in [-0.4, -0.2) is 16.6 Å². The summed E-state index contributed by atoms with van der Waals surface area (Å²) in [5.41, 5.74) is 2.96. The molecule has 0 fully saturated rings. The van der Waals surface area contributed by atoms with Gasteiger partial charge in [0.15, 0.2) is 5.43 Å². The number of amides is 1. The van der Waals surface area contributed by atoms with E-state index in [0.717, 1.165) is 11.3 Å². The summed E-state index contributed by atoms with van der Waals surface area (Å²) in [6.45, 7) is 1.99. The van der Waals surface area contributed by atoms with Crippen molar-refractivity contribution in [1.82, 2.24) is 4.98 Å². The van der Waals surface area contributed by atoms with E-state index < -0.39 is 5.82 Å². The lowest BCUT2D eigenvalue weighted by Crippen LogP contribution is -2.14. The Labute approximate surface area is 148 Å². The molecular formula is C19H17FN2O2S. The van der Waals surface area contributed by atoms with Crippen molar-refractivity contribution in [2.24, 2.45) is 0 Å². The zero-order valence-corrected chi connectivity index (χ0v) is 14.5. The molecule has 6 heteroatoms. The van der Waals surface area contributed by atoms with E-state index in [-0.39, 0.29) is 17.1 Å². The van der Waals surface area contributed by atoms with Crippen LogP contribution in [0.1, 0.15) is 11.3 Å². The van der Waals surface area contributed by atoms with Gasteiger partial charge in [0.1, 0.15) is 5.82 Å². The summed E-state index contributed by atoms with van der Waals surface area (Å²) < 4.78 is 13.2. The van der Waals surface area contributed by atoms with Gasteiger partial charge in [-0.05, 0) is 37.3 Å². The van der Waals surface area contributed by atoms with Crippen LogP contribution in [0.3, 0.4) is 0 Å². The molecule has 3 aromatic rings. The number of carbonyl (C=O) groups is 1. The number of rotatable bonds is 5. The normalized spacial score (nSPS) is 10.8. The van der Waals surface area contributed by atoms with Gasteiger partial charge >= 0.3 is 0 Å². The molecule has 1 amide bonds. The highest BCUT2D eigenvalue weighted by molar-refractivity contribution is 7.99. The first-order chi connectivity index (χ1) is 12.0. The molecule has 0 atom stereocenters. The zero-order chi connectivity index (χ0) is 17.8. The lowest BCUT2D eigenvalue weighted by Gasteiger charge is -2.06. The second-order valence-corrected chi connectivity index (χ2v) is 6.74. The van der Waals surface area contributed by atoms with E-state index in [1.54, 1.807) is 6.07 Å². The standard InChI is InChI=1S/C19H17FN2O2S/c1-12-2-5-14(6-3-12)22-19(24)11-25-10-15-9-18(23)16-8-13(20)4-7-17(16)21-15/h2-9H,10-11H2,1H3,(H,21,23)(H,22,24). The van der Waals surface area contributed by atoms with Gasteiger partial charge in [0.05, 0.1) is 5.75 Å². The minimum absolute atomic E-state index is 0.0981. The van der Waals surface area contributed by atoms with E-state index in [9.17, 15) is 14.0 Å². The summed E-state index contributed by atoms with van der Waals surface area (Å²) in [7, 11) is 0. The SMILES string of the molecule is Cc1ccc(NC(=O)CSCc2cc(=O)c3cc(F)ccc3[nH]2)cc1. The first-order valence-corrected chi connectivity index (χ1v) is 8.92. The fourth-order valence-electron chi connectivity index (χ4n) is 2.44. The zero-order valence-electron chi connectivity index (χ0n) is 13.6. The number of aromatic nitrogens is 1. The molecule has 0 radical (unpaired) electrons. The van der Waals surface area contributed by atoms with Gasteiger partial charge in [-0.25, -0.2) is 4.39 Å². The van der Waals surface area contributed by atoms with E-state index in [4.69, 9.17) is 0 Å². The Morgan fingerprint density at radius 3 is 2.68 bits per heavy atom. The van der Waals surface area contributed by atoms with Crippen LogP contribution in [-0.2, 0) is 10.5 Å². The number of nitrogens with one attached hydrogen (secondary N) is 2. The highest BCUT2D eigenvalue weighted by Gasteiger charge is 2.06. The predicted octanol–water partition coefficient (Wildman–Crippen LogP) is 3.85. The summed E-state index contributed by atoms with van der Waals surface area (Å²) in [5.74, 6) is 0.230. The lowest BCUT2D eigenvalue weighted by molar-refractivity contribution is -0.113. The average Bonchev–Trinajstić information content (AvgIpc) is 2.58. The van der Waals surface area contributed by atoms with Crippen molar-refractivity contribution in [1.29, 1.82) is 0 Å². The Morgan fingerprint density at radius 2 is 1.92 bits per heavy atom. The Kier molecular flexibility index (Phi) is 5.19. The number of hydrogen-bond acceptors (Lipinski definition) is 3. The summed E-state index contributed by atoms with van der Waals surface area (Å²) in [6.07, 6.45) is 0. The van der Waals surface area contributed by atoms with Crippen LogP contribution in [0.4, 0.5) is 10.1 Å². The number of carbonyl (C=O) groups excluding carboxylic acids is 1. The molecule has 2 aromatic carbocycles. The largest absolute Gasteiger partial charge is 0.357 e. The molecule has 0 unspecified atom stereocenters. The van der Waals surface area contributed by atoms with Crippen LogP contribution in [0.25, 0.3) is 10.9 Å². The summed E-state index contributed by atoms with van der Waals surface area (Å²) in [6, 6.07) is 13.1. The van der Waals surface area contributed by atoms with Crippen molar-refractivity contribution in [3.63, 3.8) is 0 Å². The van der Waals surface area contributed by atoms with Crippen molar-refractivity contribution in [2.75, 3.05) is 11.1 Å². The topological polar surface area (TPSA) is 62.0 Å². The third-order valence-corrected chi connectivity index (χ3v) is 4.66. The molecule has 128 valence electrons. The van der Waals surface area contributed by atoms with E-state index in [1.165, 1.54) is 30.0 Å².